The molecule has 0 bridgehead atoms. The van der Waals surface area contributed by atoms with E-state index in [0.29, 0.717) is 11.2 Å². The normalized spacial score (nSPS) is 32.6. The van der Waals surface area contributed by atoms with Crippen LogP contribution < -0.4 is 5.73 Å². The minimum absolute atomic E-state index is 0.275. The van der Waals surface area contributed by atoms with Crippen LogP contribution in [0.25, 0.3) is 11.2 Å². The predicted molar refractivity (Wildman–Crippen MR) is 82.3 cm³/mol. The Hall–Kier alpha value is -2.25. The third-order valence-electron chi connectivity index (χ3n) is 4.21. The molecule has 2 fully saturated rings. The Bertz CT molecular complexity index is 829. The number of hydrogen-bond acceptors (Lipinski definition) is 8. The molecule has 0 amide bonds. The molecule has 9 nitrogen and oxygen atoms in total. The van der Waals surface area contributed by atoms with Crippen LogP contribution in [0.4, 0.5) is 5.82 Å². The quantitative estimate of drug-likeness (QED) is 0.728. The fourth-order valence-electron chi connectivity index (χ4n) is 3.24. The second kappa shape index (κ2) is 5.12. The highest BCUT2D eigenvalue weighted by Gasteiger charge is 2.57. The summed E-state index contributed by atoms with van der Waals surface area (Å²) in [6, 6.07) is 0. The van der Waals surface area contributed by atoms with Crippen LogP contribution in [0.15, 0.2) is 12.7 Å². The highest BCUT2D eigenvalue weighted by molar-refractivity contribution is 5.81. The smallest absolute Gasteiger partial charge is 0.167 e. The van der Waals surface area contributed by atoms with E-state index in [0.717, 1.165) is 0 Å². The van der Waals surface area contributed by atoms with Gasteiger partial charge in [-0.3, -0.25) is 4.57 Å². The summed E-state index contributed by atoms with van der Waals surface area (Å²) < 4.78 is 19.5. The third kappa shape index (κ3) is 2.16. The number of fused-ring (bicyclic) bond motifs is 2. The average molecular weight is 331 g/mol. The summed E-state index contributed by atoms with van der Waals surface area (Å²) >= 11 is 0. The first kappa shape index (κ1) is 15.3. The van der Waals surface area contributed by atoms with Gasteiger partial charge in [0, 0.05) is 0 Å². The van der Waals surface area contributed by atoms with E-state index in [-0.39, 0.29) is 5.82 Å². The zero-order valence-corrected chi connectivity index (χ0v) is 13.2. The van der Waals surface area contributed by atoms with Crippen LogP contribution in [-0.4, -0.2) is 54.8 Å². The van der Waals surface area contributed by atoms with Crippen molar-refractivity contribution in [3.05, 3.63) is 12.7 Å². The Morgan fingerprint density at radius 1 is 1.33 bits per heavy atom. The molecule has 0 aromatic carbocycles. The number of nitrogens with zero attached hydrogens (tertiary/aromatic N) is 4. The summed E-state index contributed by atoms with van der Waals surface area (Å²) in [4.78, 5) is 12.4. The van der Waals surface area contributed by atoms with Crippen molar-refractivity contribution in [2.75, 3.05) is 5.73 Å². The molecule has 0 saturated carbocycles. The molecular formula is C15H17N5O4. The van der Waals surface area contributed by atoms with Crippen LogP contribution >= 0.6 is 0 Å². The van der Waals surface area contributed by atoms with Crippen molar-refractivity contribution in [3.8, 4) is 12.3 Å². The number of terminal acetylenes is 1. The number of nitrogen functional groups attached to an aromatic ring is 1. The summed E-state index contributed by atoms with van der Waals surface area (Å²) in [5.41, 5.74) is 6.80. The van der Waals surface area contributed by atoms with Gasteiger partial charge in [-0.1, -0.05) is 5.92 Å². The Morgan fingerprint density at radius 3 is 2.83 bits per heavy atom. The summed E-state index contributed by atoms with van der Waals surface area (Å²) in [7, 11) is 0. The lowest BCUT2D eigenvalue weighted by atomic mass is 10.1. The number of anilines is 1. The molecule has 2 aliphatic heterocycles. The van der Waals surface area contributed by atoms with Gasteiger partial charge in [-0.15, -0.1) is 6.42 Å². The molecule has 4 rings (SSSR count). The molecule has 126 valence electrons. The fraction of sp³-hybridized carbons (Fsp3) is 0.533. The van der Waals surface area contributed by atoms with Crippen molar-refractivity contribution in [1.29, 1.82) is 0 Å². The van der Waals surface area contributed by atoms with Crippen LogP contribution in [0.2, 0.25) is 0 Å². The molecule has 2 aromatic heterocycles. The molecule has 3 N–H and O–H groups in total. The van der Waals surface area contributed by atoms with Crippen molar-refractivity contribution in [2.24, 2.45) is 0 Å². The Morgan fingerprint density at radius 2 is 2.08 bits per heavy atom. The zero-order chi connectivity index (χ0) is 17.1. The molecule has 4 heterocycles. The van der Waals surface area contributed by atoms with Crippen LogP contribution in [0.1, 0.15) is 20.1 Å². The van der Waals surface area contributed by atoms with E-state index in [1.807, 2.05) is 0 Å². The Kier molecular flexibility index (Phi) is 3.26. The zero-order valence-electron chi connectivity index (χ0n) is 13.2. The van der Waals surface area contributed by atoms with E-state index in [1.54, 1.807) is 24.7 Å². The topological polar surface area (TPSA) is 118 Å². The van der Waals surface area contributed by atoms with Gasteiger partial charge in [-0.05, 0) is 13.8 Å². The van der Waals surface area contributed by atoms with Gasteiger partial charge in [0.2, 0.25) is 0 Å². The van der Waals surface area contributed by atoms with E-state index < -0.39 is 36.4 Å². The number of rotatable bonds is 2. The van der Waals surface area contributed by atoms with E-state index >= 15 is 0 Å². The first-order chi connectivity index (χ1) is 11.4. The van der Waals surface area contributed by atoms with Crippen LogP contribution in [0.5, 0.6) is 0 Å². The van der Waals surface area contributed by atoms with Gasteiger partial charge in [-0.2, -0.15) is 0 Å². The summed E-state index contributed by atoms with van der Waals surface area (Å²) in [5, 5.41) is 10.1. The molecular weight excluding hydrogens is 314 g/mol. The van der Waals surface area contributed by atoms with Gasteiger partial charge in [0.15, 0.2) is 23.5 Å². The van der Waals surface area contributed by atoms with Crippen molar-refractivity contribution >= 4 is 17.0 Å². The maximum atomic E-state index is 10.1. The van der Waals surface area contributed by atoms with Crippen LogP contribution in [-0.2, 0) is 14.2 Å². The number of ether oxygens (including phenoxy) is 3. The standard InChI is InChI=1S/C15H17N5O4/c1-4-7(21)9-10-11(24-15(2,3)23-10)14(22-9)20-6-19-8-12(16)17-5-18-13(8)20/h1,5-7,9-11,14,21H,2-3H3,(H2,16,17,18)/t7-,9+,10+,11+,14+/m0/s1. The molecule has 24 heavy (non-hydrogen) atoms. The van der Waals surface area contributed by atoms with Crippen molar-refractivity contribution in [2.45, 2.75) is 50.3 Å². The predicted octanol–water partition coefficient (Wildman–Crippen LogP) is -0.180. The molecule has 0 aliphatic carbocycles. The largest absolute Gasteiger partial charge is 0.382 e. The van der Waals surface area contributed by atoms with E-state index in [1.165, 1.54) is 6.33 Å². The lowest BCUT2D eigenvalue weighted by molar-refractivity contribution is -0.203. The molecule has 0 unspecified atom stereocenters. The van der Waals surface area contributed by atoms with Crippen molar-refractivity contribution < 1.29 is 19.3 Å². The van der Waals surface area contributed by atoms with Gasteiger partial charge >= 0.3 is 0 Å². The second-order valence-corrected chi connectivity index (χ2v) is 6.25. The third-order valence-corrected chi connectivity index (χ3v) is 4.21. The minimum atomic E-state index is -1.12. The van der Waals surface area contributed by atoms with Gasteiger partial charge < -0.3 is 25.1 Å². The molecule has 2 aromatic rings. The minimum Gasteiger partial charge on any atom is -0.382 e. The first-order valence-electron chi connectivity index (χ1n) is 7.49. The molecule has 9 heteroatoms. The molecule has 2 saturated heterocycles. The summed E-state index contributed by atoms with van der Waals surface area (Å²) in [6.45, 7) is 3.60. The van der Waals surface area contributed by atoms with Gasteiger partial charge in [0.25, 0.3) is 0 Å². The molecule has 0 radical (unpaired) electrons. The monoisotopic (exact) mass is 331 g/mol. The van der Waals surface area contributed by atoms with Crippen molar-refractivity contribution in [1.82, 2.24) is 19.5 Å². The highest BCUT2D eigenvalue weighted by Crippen LogP contribution is 2.44. The molecule has 2 aliphatic rings. The van der Waals surface area contributed by atoms with E-state index in [9.17, 15) is 5.11 Å². The number of hydrogen-bond donors (Lipinski definition) is 2. The van der Waals surface area contributed by atoms with Crippen LogP contribution in [0.3, 0.4) is 0 Å². The van der Waals surface area contributed by atoms with Gasteiger partial charge in [-0.25, -0.2) is 15.0 Å². The van der Waals surface area contributed by atoms with Crippen LogP contribution in [0, 0.1) is 12.3 Å². The molecule has 5 atom stereocenters. The second-order valence-electron chi connectivity index (χ2n) is 6.25. The lowest BCUT2D eigenvalue weighted by Crippen LogP contribution is -2.37. The summed E-state index contributed by atoms with van der Waals surface area (Å²) in [6.07, 6.45) is 4.83. The lowest BCUT2D eigenvalue weighted by Gasteiger charge is -2.25. The van der Waals surface area contributed by atoms with Gasteiger partial charge in [0.05, 0.1) is 6.33 Å². The Balaban J connectivity index is 1.77. The highest BCUT2D eigenvalue weighted by atomic mass is 16.8. The van der Waals surface area contributed by atoms with Crippen molar-refractivity contribution in [3.63, 3.8) is 0 Å². The van der Waals surface area contributed by atoms with E-state index in [2.05, 4.69) is 20.9 Å². The number of imidazole rings is 1. The molecule has 0 spiro atoms. The average Bonchev–Trinajstić information content (AvgIpc) is 3.18. The number of aliphatic hydroxyl groups excluding tert-OH is 1. The maximum absolute atomic E-state index is 10.1. The fourth-order valence-corrected chi connectivity index (χ4v) is 3.24. The van der Waals surface area contributed by atoms with E-state index in [4.69, 9.17) is 26.4 Å². The first-order valence-corrected chi connectivity index (χ1v) is 7.49. The number of nitrogens with two attached hydrogens (primary N) is 1. The van der Waals surface area contributed by atoms with Gasteiger partial charge in [0.1, 0.15) is 36.3 Å². The summed E-state index contributed by atoms with van der Waals surface area (Å²) in [5.74, 6) is 1.75. The maximum Gasteiger partial charge on any atom is 0.167 e. The SMILES string of the molecule is C#C[C@H](O)[C@H]1O[C@@H](n2cnc3c(N)ncnc32)[C@@H]2OC(C)(C)O[C@@H]21. The Labute approximate surface area is 137 Å². The number of aliphatic hydroxyl groups is 1. The number of aromatic nitrogens is 4.